The van der Waals surface area contributed by atoms with Crippen LogP contribution in [-0.4, -0.2) is 47.3 Å². The Balaban J connectivity index is 2.48. The highest BCUT2D eigenvalue weighted by Gasteiger charge is 2.39. The molecule has 0 aromatic heterocycles. The van der Waals surface area contributed by atoms with Gasteiger partial charge in [0.05, 0.1) is 19.0 Å². The molecule has 1 saturated heterocycles. The smallest absolute Gasteiger partial charge is 0.247 e. The molecule has 0 aliphatic carbocycles. The predicted octanol–water partition coefficient (Wildman–Crippen LogP) is -0.363. The molecule has 6 heteroatoms. The van der Waals surface area contributed by atoms with Crippen molar-refractivity contribution in [2.45, 2.75) is 52.2 Å². The highest BCUT2D eigenvalue weighted by molar-refractivity contribution is 6.06. The van der Waals surface area contributed by atoms with Crippen molar-refractivity contribution < 1.29 is 14.4 Å². The topological polar surface area (TPSA) is 78.5 Å². The van der Waals surface area contributed by atoms with Crippen LogP contribution in [-0.2, 0) is 14.4 Å². The fraction of sp³-hybridized carbons (Fsp3) is 0.750. The number of hydrogen-bond acceptors (Lipinski definition) is 4. The molecule has 0 aromatic carbocycles. The molecule has 18 heavy (non-hydrogen) atoms. The summed E-state index contributed by atoms with van der Waals surface area (Å²) in [5.74, 6) is -0.600. The molecular weight excluding hydrogens is 234 g/mol. The van der Waals surface area contributed by atoms with Crippen LogP contribution in [0.25, 0.3) is 0 Å². The second-order valence-electron chi connectivity index (χ2n) is 5.06. The quantitative estimate of drug-likeness (QED) is 0.657. The number of rotatable bonds is 5. The standard InChI is InChI=1S/C12H21N3O3/c1-7(2)14-10(16)6-13-9-5-11(17)15(8(3)4)12(9)18/h7-9,13H,5-6H2,1-4H3,(H,14,16). The number of carbonyl (C=O) groups excluding carboxylic acids is 3. The summed E-state index contributed by atoms with van der Waals surface area (Å²) >= 11 is 0. The summed E-state index contributed by atoms with van der Waals surface area (Å²) in [5, 5.41) is 5.54. The van der Waals surface area contributed by atoms with Gasteiger partial charge in [-0.3, -0.25) is 24.6 Å². The molecule has 1 aliphatic rings. The van der Waals surface area contributed by atoms with Gasteiger partial charge in [0.1, 0.15) is 0 Å². The molecule has 1 aliphatic heterocycles. The van der Waals surface area contributed by atoms with E-state index >= 15 is 0 Å². The van der Waals surface area contributed by atoms with Crippen molar-refractivity contribution in [1.82, 2.24) is 15.5 Å². The van der Waals surface area contributed by atoms with E-state index in [9.17, 15) is 14.4 Å². The van der Waals surface area contributed by atoms with Gasteiger partial charge in [0.2, 0.25) is 17.7 Å². The van der Waals surface area contributed by atoms with Crippen LogP contribution in [0, 0.1) is 0 Å². The number of hydrogen-bond donors (Lipinski definition) is 2. The maximum absolute atomic E-state index is 11.9. The Hall–Kier alpha value is -1.43. The van der Waals surface area contributed by atoms with Crippen molar-refractivity contribution in [2.75, 3.05) is 6.54 Å². The molecule has 2 N–H and O–H groups in total. The minimum atomic E-state index is -0.571. The lowest BCUT2D eigenvalue weighted by molar-refractivity contribution is -0.140. The van der Waals surface area contributed by atoms with Gasteiger partial charge in [0, 0.05) is 12.1 Å². The maximum atomic E-state index is 11.9. The van der Waals surface area contributed by atoms with Gasteiger partial charge >= 0.3 is 0 Å². The number of nitrogens with one attached hydrogen (secondary N) is 2. The molecule has 0 spiro atoms. The normalized spacial score (nSPS) is 20.1. The Morgan fingerprint density at radius 2 is 1.94 bits per heavy atom. The molecule has 1 unspecified atom stereocenters. The van der Waals surface area contributed by atoms with Gasteiger partial charge in [0.25, 0.3) is 0 Å². The molecule has 0 bridgehead atoms. The molecular formula is C12H21N3O3. The Morgan fingerprint density at radius 1 is 1.33 bits per heavy atom. The molecule has 0 radical (unpaired) electrons. The molecule has 0 aromatic rings. The number of imide groups is 1. The fourth-order valence-electron chi connectivity index (χ4n) is 1.94. The van der Waals surface area contributed by atoms with E-state index in [1.54, 1.807) is 13.8 Å². The van der Waals surface area contributed by atoms with E-state index in [0.29, 0.717) is 0 Å². The number of likely N-dealkylation sites (tertiary alicyclic amines) is 1. The van der Waals surface area contributed by atoms with Gasteiger partial charge in [-0.2, -0.15) is 0 Å². The van der Waals surface area contributed by atoms with E-state index in [4.69, 9.17) is 0 Å². The number of carbonyl (C=O) groups is 3. The molecule has 1 rings (SSSR count). The summed E-state index contributed by atoms with van der Waals surface area (Å²) in [6.45, 7) is 7.37. The van der Waals surface area contributed by atoms with Crippen molar-refractivity contribution in [3.8, 4) is 0 Å². The lowest BCUT2D eigenvalue weighted by Gasteiger charge is -2.19. The van der Waals surface area contributed by atoms with E-state index in [0.717, 1.165) is 0 Å². The van der Waals surface area contributed by atoms with Gasteiger partial charge in [-0.25, -0.2) is 0 Å². The molecule has 0 saturated carbocycles. The molecule has 6 nitrogen and oxygen atoms in total. The SMILES string of the molecule is CC(C)NC(=O)CNC1CC(=O)N(C(C)C)C1=O. The third-order valence-corrected chi connectivity index (χ3v) is 2.66. The second kappa shape index (κ2) is 5.95. The summed E-state index contributed by atoms with van der Waals surface area (Å²) in [4.78, 5) is 36.2. The van der Waals surface area contributed by atoms with Crippen LogP contribution in [0.15, 0.2) is 0 Å². The zero-order chi connectivity index (χ0) is 13.9. The van der Waals surface area contributed by atoms with E-state index in [1.807, 2.05) is 13.8 Å². The number of amides is 3. The monoisotopic (exact) mass is 255 g/mol. The molecule has 102 valence electrons. The van der Waals surface area contributed by atoms with Crippen molar-refractivity contribution in [3.63, 3.8) is 0 Å². The summed E-state index contributed by atoms with van der Waals surface area (Å²) in [6, 6.07) is -0.647. The van der Waals surface area contributed by atoms with Crippen molar-refractivity contribution >= 4 is 17.7 Å². The average molecular weight is 255 g/mol. The molecule has 1 heterocycles. The third kappa shape index (κ3) is 3.53. The summed E-state index contributed by atoms with van der Waals surface area (Å²) < 4.78 is 0. The van der Waals surface area contributed by atoms with Crippen LogP contribution < -0.4 is 10.6 Å². The Morgan fingerprint density at radius 3 is 2.39 bits per heavy atom. The van der Waals surface area contributed by atoms with E-state index in [2.05, 4.69) is 10.6 Å². The Kier molecular flexibility index (Phi) is 4.84. The van der Waals surface area contributed by atoms with Crippen molar-refractivity contribution in [3.05, 3.63) is 0 Å². The lowest BCUT2D eigenvalue weighted by atomic mass is 10.2. The zero-order valence-corrected chi connectivity index (χ0v) is 11.3. The highest BCUT2D eigenvalue weighted by atomic mass is 16.2. The summed E-state index contributed by atoms with van der Waals surface area (Å²) in [7, 11) is 0. The zero-order valence-electron chi connectivity index (χ0n) is 11.3. The maximum Gasteiger partial charge on any atom is 0.247 e. The summed E-state index contributed by atoms with van der Waals surface area (Å²) in [6.07, 6.45) is 0.131. The molecule has 1 atom stereocenters. The highest BCUT2D eigenvalue weighted by Crippen LogP contribution is 2.15. The van der Waals surface area contributed by atoms with Crippen LogP contribution in [0.3, 0.4) is 0 Å². The second-order valence-corrected chi connectivity index (χ2v) is 5.06. The van der Waals surface area contributed by atoms with Crippen molar-refractivity contribution in [2.24, 2.45) is 0 Å². The van der Waals surface area contributed by atoms with Crippen LogP contribution in [0.2, 0.25) is 0 Å². The van der Waals surface area contributed by atoms with Crippen molar-refractivity contribution in [1.29, 1.82) is 0 Å². The van der Waals surface area contributed by atoms with Gasteiger partial charge in [-0.15, -0.1) is 0 Å². The first-order valence-corrected chi connectivity index (χ1v) is 6.21. The van der Waals surface area contributed by atoms with Gasteiger partial charge in [-0.1, -0.05) is 0 Å². The first-order chi connectivity index (χ1) is 8.32. The van der Waals surface area contributed by atoms with Crippen LogP contribution in [0.5, 0.6) is 0 Å². The van der Waals surface area contributed by atoms with Gasteiger partial charge < -0.3 is 5.32 Å². The average Bonchev–Trinajstić information content (AvgIpc) is 2.49. The van der Waals surface area contributed by atoms with Crippen LogP contribution >= 0.6 is 0 Å². The van der Waals surface area contributed by atoms with Gasteiger partial charge in [-0.05, 0) is 27.7 Å². The first kappa shape index (κ1) is 14.6. The fourth-order valence-corrected chi connectivity index (χ4v) is 1.94. The summed E-state index contributed by atoms with van der Waals surface area (Å²) in [5.41, 5.74) is 0. The van der Waals surface area contributed by atoms with E-state index in [-0.39, 0.29) is 42.8 Å². The van der Waals surface area contributed by atoms with E-state index < -0.39 is 6.04 Å². The Bertz CT molecular complexity index is 352. The van der Waals surface area contributed by atoms with E-state index in [1.165, 1.54) is 4.90 Å². The number of nitrogens with zero attached hydrogens (tertiary/aromatic N) is 1. The minimum absolute atomic E-state index is 0.0494. The first-order valence-electron chi connectivity index (χ1n) is 6.21. The predicted molar refractivity (Wildman–Crippen MR) is 66.7 cm³/mol. The lowest BCUT2D eigenvalue weighted by Crippen LogP contribution is -2.45. The largest absolute Gasteiger partial charge is 0.353 e. The molecule has 3 amide bonds. The third-order valence-electron chi connectivity index (χ3n) is 2.66. The molecule has 1 fully saturated rings. The van der Waals surface area contributed by atoms with Gasteiger partial charge in [0.15, 0.2) is 0 Å². The Labute approximate surface area is 107 Å². The van der Waals surface area contributed by atoms with Crippen LogP contribution in [0.4, 0.5) is 0 Å². The minimum Gasteiger partial charge on any atom is -0.353 e. The van der Waals surface area contributed by atoms with Crippen LogP contribution in [0.1, 0.15) is 34.1 Å².